The largest absolute Gasteiger partial charge is 0.381 e. The predicted molar refractivity (Wildman–Crippen MR) is 62.2 cm³/mol. The van der Waals surface area contributed by atoms with Crippen LogP contribution >= 0.6 is 0 Å². The van der Waals surface area contributed by atoms with Crippen LogP contribution in [0.3, 0.4) is 0 Å². The first-order chi connectivity index (χ1) is 6.50. The second-order valence-electron chi connectivity index (χ2n) is 4.75. The van der Waals surface area contributed by atoms with Gasteiger partial charge in [-0.05, 0) is 38.5 Å². The average molecular weight is 190 g/mol. The molecule has 1 N–H and O–H groups in total. The molecule has 14 heavy (non-hydrogen) atoms. The molecule has 2 heteroatoms. The lowest BCUT2D eigenvalue weighted by Crippen LogP contribution is -2.49. The molecule has 1 heterocycles. The van der Waals surface area contributed by atoms with Crippen molar-refractivity contribution in [1.82, 2.24) is 0 Å². The van der Waals surface area contributed by atoms with Gasteiger partial charge in [-0.25, -0.2) is 0 Å². The van der Waals surface area contributed by atoms with E-state index < -0.39 is 0 Å². The molecule has 0 fully saturated rings. The minimum Gasteiger partial charge on any atom is -0.381 e. The number of fused-ring (bicyclic) bond motifs is 1. The predicted octanol–water partition coefficient (Wildman–Crippen LogP) is 2.64. The molecular formula is C12H18N2. The number of nitrogens with zero attached hydrogens (tertiary/aromatic N) is 1. The molecule has 76 valence electrons. The van der Waals surface area contributed by atoms with Crippen molar-refractivity contribution in [2.24, 2.45) is 0 Å². The maximum Gasteiger partial charge on any atom is 0.0604 e. The number of likely N-dealkylation sites (N-methyl/N-ethyl adjacent to an activating group) is 1. The van der Waals surface area contributed by atoms with Gasteiger partial charge < -0.3 is 10.2 Å². The minimum absolute atomic E-state index is 0.197. The van der Waals surface area contributed by atoms with E-state index in [1.54, 1.807) is 0 Å². The highest BCUT2D eigenvalue weighted by molar-refractivity contribution is 5.74. The molecule has 1 aliphatic heterocycles. The molecule has 0 saturated carbocycles. The summed E-state index contributed by atoms with van der Waals surface area (Å²) in [5.74, 6) is 0. The minimum atomic E-state index is 0.197. The molecule has 1 aromatic rings. The van der Waals surface area contributed by atoms with E-state index in [2.05, 4.69) is 56.2 Å². The van der Waals surface area contributed by atoms with E-state index in [9.17, 15) is 0 Å². The van der Waals surface area contributed by atoms with Crippen LogP contribution in [0.2, 0.25) is 0 Å². The molecule has 0 aromatic heterocycles. The number of nitrogens with one attached hydrogen (secondary N) is 1. The third-order valence-corrected chi connectivity index (χ3v) is 3.13. The number of rotatable bonds is 0. The van der Waals surface area contributed by atoms with Crippen molar-refractivity contribution in [3.8, 4) is 0 Å². The first-order valence-electron chi connectivity index (χ1n) is 5.09. The first-order valence-corrected chi connectivity index (χ1v) is 5.09. The Morgan fingerprint density at radius 1 is 1.36 bits per heavy atom. The molecule has 0 atom stereocenters. The summed E-state index contributed by atoms with van der Waals surface area (Å²) in [6.07, 6.45) is 0. The summed E-state index contributed by atoms with van der Waals surface area (Å²) in [6.45, 7) is 7.63. The van der Waals surface area contributed by atoms with Gasteiger partial charge in [0, 0.05) is 13.6 Å². The molecule has 0 amide bonds. The summed E-state index contributed by atoms with van der Waals surface area (Å²) in [7, 11) is 2.16. The second-order valence-corrected chi connectivity index (χ2v) is 4.75. The summed E-state index contributed by atoms with van der Waals surface area (Å²) in [4.78, 5) is 2.35. The lowest BCUT2D eigenvalue weighted by molar-refractivity contribution is 0.502. The van der Waals surface area contributed by atoms with Crippen molar-refractivity contribution < 1.29 is 0 Å². The van der Waals surface area contributed by atoms with Crippen molar-refractivity contribution in [3.63, 3.8) is 0 Å². The summed E-state index contributed by atoms with van der Waals surface area (Å²) >= 11 is 0. The highest BCUT2D eigenvalue weighted by atomic mass is 15.2. The molecule has 0 radical (unpaired) electrons. The van der Waals surface area contributed by atoms with Gasteiger partial charge in [0.1, 0.15) is 0 Å². The maximum atomic E-state index is 3.48. The van der Waals surface area contributed by atoms with Crippen LogP contribution in [0.4, 0.5) is 11.4 Å². The van der Waals surface area contributed by atoms with Gasteiger partial charge in [0.05, 0.1) is 16.9 Å². The first kappa shape index (κ1) is 9.38. The molecular weight excluding hydrogens is 172 g/mol. The number of aryl methyl sites for hydroxylation is 1. The van der Waals surface area contributed by atoms with Gasteiger partial charge in [-0.1, -0.05) is 6.07 Å². The van der Waals surface area contributed by atoms with Crippen molar-refractivity contribution in [2.75, 3.05) is 23.8 Å². The van der Waals surface area contributed by atoms with Gasteiger partial charge in [0.15, 0.2) is 0 Å². The molecule has 1 aromatic carbocycles. The standard InChI is InChI=1S/C12H18N2/c1-9-5-6-11-10(7-9)13-8-12(2,3)14(11)4/h5-7,13H,8H2,1-4H3. The van der Waals surface area contributed by atoms with Crippen LogP contribution in [0.5, 0.6) is 0 Å². The molecule has 0 spiro atoms. The SMILES string of the molecule is Cc1ccc2c(c1)NCC(C)(C)N2C. The van der Waals surface area contributed by atoms with Gasteiger partial charge in [-0.2, -0.15) is 0 Å². The van der Waals surface area contributed by atoms with E-state index in [0.29, 0.717) is 0 Å². The third-order valence-electron chi connectivity index (χ3n) is 3.13. The zero-order valence-electron chi connectivity index (χ0n) is 9.39. The molecule has 0 aliphatic carbocycles. The molecule has 1 aliphatic rings. The molecule has 2 nitrogen and oxygen atoms in total. The zero-order chi connectivity index (χ0) is 10.3. The van der Waals surface area contributed by atoms with Crippen LogP contribution in [0, 0.1) is 6.92 Å². The fraction of sp³-hybridized carbons (Fsp3) is 0.500. The van der Waals surface area contributed by atoms with Crippen LogP contribution in [0.15, 0.2) is 18.2 Å². The lowest BCUT2D eigenvalue weighted by atomic mass is 9.98. The van der Waals surface area contributed by atoms with Crippen LogP contribution < -0.4 is 10.2 Å². The Morgan fingerprint density at radius 3 is 2.79 bits per heavy atom. The molecule has 0 unspecified atom stereocenters. The van der Waals surface area contributed by atoms with E-state index in [1.165, 1.54) is 16.9 Å². The molecule has 0 bridgehead atoms. The highest BCUT2D eigenvalue weighted by Crippen LogP contribution is 2.34. The van der Waals surface area contributed by atoms with Crippen LogP contribution in [-0.2, 0) is 0 Å². The van der Waals surface area contributed by atoms with Crippen molar-refractivity contribution in [2.45, 2.75) is 26.3 Å². The number of anilines is 2. The van der Waals surface area contributed by atoms with Crippen LogP contribution in [-0.4, -0.2) is 19.1 Å². The Morgan fingerprint density at radius 2 is 2.07 bits per heavy atom. The van der Waals surface area contributed by atoms with E-state index in [1.807, 2.05) is 0 Å². The number of benzene rings is 1. The Bertz CT molecular complexity index is 355. The van der Waals surface area contributed by atoms with E-state index in [0.717, 1.165) is 6.54 Å². The fourth-order valence-corrected chi connectivity index (χ4v) is 1.84. The zero-order valence-corrected chi connectivity index (χ0v) is 9.39. The smallest absolute Gasteiger partial charge is 0.0604 e. The average Bonchev–Trinajstić information content (AvgIpc) is 2.12. The topological polar surface area (TPSA) is 15.3 Å². The van der Waals surface area contributed by atoms with Crippen LogP contribution in [0.1, 0.15) is 19.4 Å². The van der Waals surface area contributed by atoms with Gasteiger partial charge in [0.2, 0.25) is 0 Å². The van der Waals surface area contributed by atoms with Gasteiger partial charge in [0.25, 0.3) is 0 Å². The highest BCUT2D eigenvalue weighted by Gasteiger charge is 2.29. The normalized spacial score (nSPS) is 18.7. The van der Waals surface area contributed by atoms with Crippen LogP contribution in [0.25, 0.3) is 0 Å². The molecule has 2 rings (SSSR count). The van der Waals surface area contributed by atoms with Gasteiger partial charge in [-0.15, -0.1) is 0 Å². The summed E-state index contributed by atoms with van der Waals surface area (Å²) in [5, 5.41) is 3.48. The second kappa shape index (κ2) is 2.91. The Balaban J connectivity index is 2.46. The number of hydrogen-bond acceptors (Lipinski definition) is 2. The van der Waals surface area contributed by atoms with E-state index >= 15 is 0 Å². The van der Waals surface area contributed by atoms with E-state index in [4.69, 9.17) is 0 Å². The Kier molecular flexibility index (Phi) is 1.95. The summed E-state index contributed by atoms with van der Waals surface area (Å²) in [6, 6.07) is 6.57. The Labute approximate surface area is 85.9 Å². The third kappa shape index (κ3) is 1.35. The van der Waals surface area contributed by atoms with Gasteiger partial charge in [-0.3, -0.25) is 0 Å². The monoisotopic (exact) mass is 190 g/mol. The Hall–Kier alpha value is -1.18. The fourth-order valence-electron chi connectivity index (χ4n) is 1.84. The maximum absolute atomic E-state index is 3.48. The van der Waals surface area contributed by atoms with Crippen molar-refractivity contribution >= 4 is 11.4 Å². The van der Waals surface area contributed by atoms with Gasteiger partial charge >= 0.3 is 0 Å². The summed E-state index contributed by atoms with van der Waals surface area (Å²) < 4.78 is 0. The van der Waals surface area contributed by atoms with Crippen molar-refractivity contribution in [1.29, 1.82) is 0 Å². The van der Waals surface area contributed by atoms with Crippen molar-refractivity contribution in [3.05, 3.63) is 23.8 Å². The lowest BCUT2D eigenvalue weighted by Gasteiger charge is -2.43. The number of hydrogen-bond donors (Lipinski definition) is 1. The quantitative estimate of drug-likeness (QED) is 0.676. The van der Waals surface area contributed by atoms with E-state index in [-0.39, 0.29) is 5.54 Å². The molecule has 0 saturated heterocycles. The summed E-state index contributed by atoms with van der Waals surface area (Å²) in [5.41, 5.74) is 4.06.